The van der Waals surface area contributed by atoms with Gasteiger partial charge in [0, 0.05) is 12.8 Å². The molecule has 0 unspecified atom stereocenters. The summed E-state index contributed by atoms with van der Waals surface area (Å²) in [4.78, 5) is 25.6. The molecule has 0 aromatic heterocycles. The molecular weight excluding hydrogens is 332 g/mol. The molecule has 1 rings (SSSR count). The molecule has 0 aromatic rings. The number of hydrogen-bond donors (Lipinski definition) is 0. The van der Waals surface area contributed by atoms with Gasteiger partial charge in [0.2, 0.25) is 0 Å². The predicted octanol–water partition coefficient (Wildman–Crippen LogP) is 4.31. The second-order valence-electron chi connectivity index (χ2n) is 6.00. The van der Waals surface area contributed by atoms with Crippen LogP contribution in [0.25, 0.3) is 0 Å². The van der Waals surface area contributed by atoms with Crippen LogP contribution in [0, 0.1) is 0 Å². The van der Waals surface area contributed by atoms with Crippen LogP contribution in [0.2, 0.25) is 0 Å². The lowest BCUT2D eigenvalue weighted by Crippen LogP contribution is -2.26. The Balaban J connectivity index is 3.23. The maximum Gasteiger partial charge on any atom is 0.342 e. The fraction of sp³-hybridized carbons (Fsp3) is 0.647. The van der Waals surface area contributed by atoms with Crippen LogP contribution in [0.5, 0.6) is 0 Å². The van der Waals surface area contributed by atoms with Crippen LogP contribution < -0.4 is 0 Å². The van der Waals surface area contributed by atoms with Crippen molar-refractivity contribution in [2.75, 3.05) is 18.6 Å². The zero-order valence-electron chi connectivity index (χ0n) is 14.8. The number of hydrogen-bond acceptors (Lipinski definition) is 6. The minimum atomic E-state index is -0.587. The molecule has 0 radical (unpaired) electrons. The molecule has 1 aliphatic rings. The van der Waals surface area contributed by atoms with Gasteiger partial charge in [-0.25, -0.2) is 4.79 Å². The van der Waals surface area contributed by atoms with Crippen molar-refractivity contribution < 1.29 is 19.1 Å². The minimum absolute atomic E-state index is 0.0352. The van der Waals surface area contributed by atoms with Crippen LogP contribution in [0.1, 0.15) is 47.5 Å². The Kier molecular flexibility index (Phi) is 7.74. The highest BCUT2D eigenvalue weighted by Crippen LogP contribution is 2.42. The molecule has 0 saturated heterocycles. The topological polar surface area (TPSA) is 52.6 Å². The lowest BCUT2D eigenvalue weighted by molar-refractivity contribution is -0.149. The van der Waals surface area contributed by atoms with E-state index < -0.39 is 11.6 Å². The molecule has 6 heteroatoms. The summed E-state index contributed by atoms with van der Waals surface area (Å²) in [6.07, 6.45) is 2.55. The third-order valence-electron chi connectivity index (χ3n) is 3.03. The zero-order chi connectivity index (χ0) is 17.6. The van der Waals surface area contributed by atoms with Gasteiger partial charge in [-0.15, -0.1) is 11.8 Å². The van der Waals surface area contributed by atoms with E-state index in [2.05, 4.69) is 6.92 Å². The number of thioether (sulfide) groups is 2. The van der Waals surface area contributed by atoms with Gasteiger partial charge in [0.25, 0.3) is 0 Å². The number of allylic oxidation sites excluding steroid dienone is 1. The van der Waals surface area contributed by atoms with Crippen LogP contribution in [0.3, 0.4) is 0 Å². The quantitative estimate of drug-likeness (QED) is 0.632. The van der Waals surface area contributed by atoms with Crippen LogP contribution in [-0.2, 0) is 19.1 Å². The molecule has 1 aliphatic carbocycles. The fourth-order valence-corrected chi connectivity index (χ4v) is 3.45. The van der Waals surface area contributed by atoms with E-state index in [0.29, 0.717) is 24.4 Å². The van der Waals surface area contributed by atoms with Gasteiger partial charge >= 0.3 is 5.97 Å². The Bertz CT molecular complexity index is 527. The summed E-state index contributed by atoms with van der Waals surface area (Å²) in [6.45, 7) is 9.92. The normalized spacial score (nSPS) is 15.2. The van der Waals surface area contributed by atoms with E-state index in [-0.39, 0.29) is 11.5 Å². The number of carbonyl (C=O) groups excluding carboxylic acids is 2. The molecule has 0 fully saturated rings. The summed E-state index contributed by atoms with van der Waals surface area (Å²) in [5, 5.41) is 0.0352. The van der Waals surface area contributed by atoms with E-state index in [0.717, 1.165) is 16.2 Å². The van der Waals surface area contributed by atoms with Gasteiger partial charge < -0.3 is 9.47 Å². The first-order chi connectivity index (χ1) is 10.7. The lowest BCUT2D eigenvalue weighted by Gasteiger charge is -2.21. The number of ether oxygens (including phenoxy) is 2. The minimum Gasteiger partial charge on any atom is -0.497 e. The first-order valence-electron chi connectivity index (χ1n) is 7.74. The first-order valence-corrected chi connectivity index (χ1v) is 9.95. The maximum atomic E-state index is 12.7. The highest BCUT2D eigenvalue weighted by molar-refractivity contribution is 8.13. The molecule has 0 spiro atoms. The summed E-state index contributed by atoms with van der Waals surface area (Å²) in [5.74, 6) is 1.10. The maximum absolute atomic E-state index is 12.7. The predicted molar refractivity (Wildman–Crippen MR) is 97.4 cm³/mol. The monoisotopic (exact) mass is 358 g/mol. The molecular formula is C17H26O4S2. The third-order valence-corrected chi connectivity index (χ3v) is 4.65. The van der Waals surface area contributed by atoms with Crippen LogP contribution >= 0.6 is 23.5 Å². The van der Waals surface area contributed by atoms with Crippen molar-refractivity contribution in [1.29, 1.82) is 0 Å². The summed E-state index contributed by atoms with van der Waals surface area (Å²) in [7, 11) is 0. The second-order valence-corrected chi connectivity index (χ2v) is 8.22. The summed E-state index contributed by atoms with van der Waals surface area (Å²) < 4.78 is 11.2. The molecule has 0 atom stereocenters. The Morgan fingerprint density at radius 3 is 2.35 bits per heavy atom. The Morgan fingerprint density at radius 2 is 1.87 bits per heavy atom. The average molecular weight is 359 g/mol. The Morgan fingerprint density at radius 1 is 1.22 bits per heavy atom. The standard InChI is InChI=1S/C17H26O4S2/c1-7-20-12-10-13(23-8-2)11(9-14(18)22-6)15(12)16(19)21-17(3,4)5/h7-10H2,1-6H3. The molecule has 0 aliphatic heterocycles. The SMILES string of the molecule is CCOC1=C(C(=O)OC(C)(C)C)C(CC(=O)SC)=C(SCC)C1. The molecule has 130 valence electrons. The van der Waals surface area contributed by atoms with Crippen LogP contribution in [-0.4, -0.2) is 35.3 Å². The molecule has 0 amide bonds. The van der Waals surface area contributed by atoms with Gasteiger partial charge in [-0.05, 0) is 50.2 Å². The molecule has 4 nitrogen and oxygen atoms in total. The molecule has 23 heavy (non-hydrogen) atoms. The summed E-state index contributed by atoms with van der Waals surface area (Å²) in [5.41, 5.74) is 0.630. The van der Waals surface area contributed by atoms with Crippen molar-refractivity contribution in [3.63, 3.8) is 0 Å². The molecule has 0 heterocycles. The van der Waals surface area contributed by atoms with Gasteiger partial charge in [-0.2, -0.15) is 0 Å². The van der Waals surface area contributed by atoms with Gasteiger partial charge in [0.15, 0.2) is 5.12 Å². The van der Waals surface area contributed by atoms with Crippen molar-refractivity contribution >= 4 is 34.6 Å². The molecule has 0 N–H and O–H groups in total. The van der Waals surface area contributed by atoms with E-state index in [9.17, 15) is 9.59 Å². The first kappa shape index (κ1) is 20.2. The largest absolute Gasteiger partial charge is 0.497 e. The number of rotatable bonds is 7. The molecule has 0 saturated carbocycles. The Labute approximate surface area is 147 Å². The summed E-state index contributed by atoms with van der Waals surface area (Å²) >= 11 is 2.83. The van der Waals surface area contributed by atoms with Gasteiger partial charge in [-0.3, -0.25) is 4.79 Å². The van der Waals surface area contributed by atoms with E-state index in [1.807, 2.05) is 27.7 Å². The fourth-order valence-electron chi connectivity index (χ4n) is 2.23. The smallest absolute Gasteiger partial charge is 0.342 e. The summed E-state index contributed by atoms with van der Waals surface area (Å²) in [6, 6.07) is 0. The third kappa shape index (κ3) is 5.92. The van der Waals surface area contributed by atoms with Crippen LogP contribution in [0.4, 0.5) is 0 Å². The van der Waals surface area contributed by atoms with Gasteiger partial charge in [-0.1, -0.05) is 18.7 Å². The van der Waals surface area contributed by atoms with Crippen molar-refractivity contribution in [3.05, 3.63) is 21.8 Å². The Hall–Kier alpha value is -0.880. The van der Waals surface area contributed by atoms with E-state index >= 15 is 0 Å². The number of carbonyl (C=O) groups is 2. The lowest BCUT2D eigenvalue weighted by atomic mass is 10.1. The van der Waals surface area contributed by atoms with Gasteiger partial charge in [0.05, 0.1) is 6.61 Å². The molecule has 0 bridgehead atoms. The van der Waals surface area contributed by atoms with Crippen molar-refractivity contribution in [1.82, 2.24) is 0 Å². The van der Waals surface area contributed by atoms with Crippen molar-refractivity contribution in [3.8, 4) is 0 Å². The van der Waals surface area contributed by atoms with Gasteiger partial charge in [0.1, 0.15) is 16.9 Å². The van der Waals surface area contributed by atoms with E-state index in [1.165, 1.54) is 11.8 Å². The number of esters is 1. The average Bonchev–Trinajstić information content (AvgIpc) is 2.75. The second kappa shape index (κ2) is 8.83. The van der Waals surface area contributed by atoms with Crippen molar-refractivity contribution in [2.45, 2.75) is 53.1 Å². The van der Waals surface area contributed by atoms with Crippen molar-refractivity contribution in [2.24, 2.45) is 0 Å². The van der Waals surface area contributed by atoms with Crippen LogP contribution in [0.15, 0.2) is 21.8 Å². The highest BCUT2D eigenvalue weighted by Gasteiger charge is 2.34. The zero-order valence-corrected chi connectivity index (χ0v) is 16.4. The van der Waals surface area contributed by atoms with E-state index in [1.54, 1.807) is 18.0 Å². The highest BCUT2D eigenvalue weighted by atomic mass is 32.2. The van der Waals surface area contributed by atoms with E-state index in [4.69, 9.17) is 9.47 Å². The molecule has 0 aromatic carbocycles.